The Morgan fingerprint density at radius 1 is 1.44 bits per heavy atom. The first kappa shape index (κ1) is 12.6. The molecule has 18 heavy (non-hydrogen) atoms. The molecule has 0 radical (unpaired) electrons. The Hall–Kier alpha value is -1.82. The number of nitrogen functional groups attached to an aromatic ring is 1. The molecule has 6 nitrogen and oxygen atoms in total. The molecule has 2 unspecified atom stereocenters. The fourth-order valence-electron chi connectivity index (χ4n) is 2.48. The zero-order valence-electron chi connectivity index (χ0n) is 10.0. The van der Waals surface area contributed by atoms with Gasteiger partial charge in [-0.1, -0.05) is 6.42 Å². The number of nitrogens with zero attached hydrogens (tertiary/aromatic N) is 1. The number of nitrogens with one attached hydrogen (secondary N) is 1. The van der Waals surface area contributed by atoms with E-state index >= 15 is 0 Å². The molecule has 1 fully saturated rings. The minimum Gasteiger partial charge on any atom is -0.398 e. The van der Waals surface area contributed by atoms with Crippen molar-refractivity contribution in [3.8, 4) is 0 Å². The number of benzene rings is 1. The maximum absolute atomic E-state index is 10.7. The number of nitrogens with two attached hydrogens (primary N) is 1. The quantitative estimate of drug-likeness (QED) is 0.430. The largest absolute Gasteiger partial charge is 0.398 e. The first-order chi connectivity index (χ1) is 8.60. The SMILES string of the molecule is Nc1cc(NC2CCCC2CO)cc([N+](=O)[O-])c1. The molecule has 0 aromatic heterocycles. The third kappa shape index (κ3) is 2.70. The zero-order valence-corrected chi connectivity index (χ0v) is 10.0. The molecule has 0 aliphatic heterocycles. The molecule has 4 N–H and O–H groups in total. The molecule has 6 heteroatoms. The standard InChI is InChI=1S/C12H17N3O3/c13-9-4-10(6-11(5-9)15(17)18)14-12-3-1-2-8(12)7-16/h4-6,8,12,14,16H,1-3,7,13H2. The Morgan fingerprint density at radius 3 is 2.89 bits per heavy atom. The normalized spacial score (nSPS) is 22.9. The highest BCUT2D eigenvalue weighted by molar-refractivity contribution is 5.61. The van der Waals surface area contributed by atoms with Gasteiger partial charge in [-0.15, -0.1) is 0 Å². The van der Waals surface area contributed by atoms with E-state index < -0.39 is 4.92 Å². The van der Waals surface area contributed by atoms with E-state index in [9.17, 15) is 15.2 Å². The first-order valence-corrected chi connectivity index (χ1v) is 6.02. The molecule has 1 aliphatic rings. The van der Waals surface area contributed by atoms with Crippen LogP contribution in [0.2, 0.25) is 0 Å². The molecular formula is C12H17N3O3. The summed E-state index contributed by atoms with van der Waals surface area (Å²) in [6.07, 6.45) is 3.01. The van der Waals surface area contributed by atoms with Crippen LogP contribution in [0.4, 0.5) is 17.1 Å². The molecule has 1 aromatic rings. The smallest absolute Gasteiger partial charge is 0.273 e. The summed E-state index contributed by atoms with van der Waals surface area (Å²) >= 11 is 0. The molecule has 98 valence electrons. The van der Waals surface area contributed by atoms with Crippen LogP contribution < -0.4 is 11.1 Å². The van der Waals surface area contributed by atoms with Crippen LogP contribution in [0.3, 0.4) is 0 Å². The van der Waals surface area contributed by atoms with Crippen molar-refractivity contribution in [2.24, 2.45) is 5.92 Å². The number of non-ortho nitro benzene ring substituents is 1. The maximum atomic E-state index is 10.7. The molecule has 0 saturated heterocycles. The number of hydrogen-bond acceptors (Lipinski definition) is 5. The van der Waals surface area contributed by atoms with Crippen LogP contribution >= 0.6 is 0 Å². The Bertz CT molecular complexity index is 450. The first-order valence-electron chi connectivity index (χ1n) is 6.02. The van der Waals surface area contributed by atoms with Gasteiger partial charge in [0.15, 0.2) is 0 Å². The van der Waals surface area contributed by atoms with Gasteiger partial charge in [0.05, 0.1) is 4.92 Å². The molecule has 0 bridgehead atoms. The Morgan fingerprint density at radius 2 is 2.22 bits per heavy atom. The van der Waals surface area contributed by atoms with Gasteiger partial charge in [0.25, 0.3) is 5.69 Å². The van der Waals surface area contributed by atoms with Crippen LogP contribution in [-0.4, -0.2) is 22.7 Å². The number of aliphatic hydroxyl groups is 1. The van der Waals surface area contributed by atoms with Crippen molar-refractivity contribution in [1.82, 2.24) is 0 Å². The summed E-state index contributed by atoms with van der Waals surface area (Å²) in [5.74, 6) is 0.213. The van der Waals surface area contributed by atoms with Gasteiger partial charge >= 0.3 is 0 Å². The second-order valence-electron chi connectivity index (χ2n) is 4.69. The Labute approximate surface area is 105 Å². The highest BCUT2D eigenvalue weighted by atomic mass is 16.6. The summed E-state index contributed by atoms with van der Waals surface area (Å²) in [7, 11) is 0. The van der Waals surface area contributed by atoms with Crippen LogP contribution in [-0.2, 0) is 0 Å². The fourth-order valence-corrected chi connectivity index (χ4v) is 2.48. The summed E-state index contributed by atoms with van der Waals surface area (Å²) in [5, 5.41) is 23.2. The van der Waals surface area contributed by atoms with Gasteiger partial charge in [0.1, 0.15) is 0 Å². The average molecular weight is 251 g/mol. The Kier molecular flexibility index (Phi) is 3.66. The number of hydrogen-bond donors (Lipinski definition) is 3. The molecule has 1 saturated carbocycles. The Balaban J connectivity index is 2.16. The van der Waals surface area contributed by atoms with Crippen molar-refractivity contribution in [1.29, 1.82) is 0 Å². The molecule has 0 amide bonds. The van der Waals surface area contributed by atoms with Crippen LogP contribution in [0.15, 0.2) is 18.2 Å². The van der Waals surface area contributed by atoms with Crippen molar-refractivity contribution in [3.63, 3.8) is 0 Å². The minimum absolute atomic E-state index is 0.0176. The van der Waals surface area contributed by atoms with Crippen molar-refractivity contribution >= 4 is 17.1 Å². The van der Waals surface area contributed by atoms with Gasteiger partial charge in [-0.3, -0.25) is 10.1 Å². The third-order valence-corrected chi connectivity index (χ3v) is 3.40. The monoisotopic (exact) mass is 251 g/mol. The van der Waals surface area contributed by atoms with E-state index in [0.717, 1.165) is 19.3 Å². The van der Waals surface area contributed by atoms with Gasteiger partial charge in [-0.25, -0.2) is 0 Å². The highest BCUT2D eigenvalue weighted by Crippen LogP contribution is 2.30. The lowest BCUT2D eigenvalue weighted by Gasteiger charge is -2.20. The summed E-state index contributed by atoms with van der Waals surface area (Å²) in [5.41, 5.74) is 6.64. The summed E-state index contributed by atoms with van der Waals surface area (Å²) in [6, 6.07) is 4.66. The van der Waals surface area contributed by atoms with Crippen LogP contribution in [0, 0.1) is 16.0 Å². The number of anilines is 2. The third-order valence-electron chi connectivity index (χ3n) is 3.40. The van der Waals surface area contributed by atoms with E-state index in [1.807, 2.05) is 0 Å². The van der Waals surface area contributed by atoms with Gasteiger partial charge in [-0.2, -0.15) is 0 Å². The number of aliphatic hydroxyl groups excluding tert-OH is 1. The van der Waals surface area contributed by atoms with E-state index in [1.54, 1.807) is 6.07 Å². The molecule has 2 atom stereocenters. The lowest BCUT2D eigenvalue weighted by atomic mass is 10.0. The van der Waals surface area contributed by atoms with E-state index in [0.29, 0.717) is 11.4 Å². The second kappa shape index (κ2) is 5.22. The van der Waals surface area contributed by atoms with E-state index in [-0.39, 0.29) is 24.3 Å². The van der Waals surface area contributed by atoms with E-state index in [2.05, 4.69) is 5.32 Å². The van der Waals surface area contributed by atoms with Gasteiger partial charge in [-0.05, 0) is 18.9 Å². The summed E-state index contributed by atoms with van der Waals surface area (Å²) < 4.78 is 0. The second-order valence-corrected chi connectivity index (χ2v) is 4.69. The predicted molar refractivity (Wildman–Crippen MR) is 69.3 cm³/mol. The van der Waals surface area contributed by atoms with Crippen LogP contribution in [0.5, 0.6) is 0 Å². The number of nitro benzene ring substituents is 1. The van der Waals surface area contributed by atoms with Crippen molar-refractivity contribution in [2.75, 3.05) is 17.7 Å². The summed E-state index contributed by atoms with van der Waals surface area (Å²) in [6.45, 7) is 0.141. The van der Waals surface area contributed by atoms with E-state index in [1.165, 1.54) is 12.1 Å². The van der Waals surface area contributed by atoms with Crippen molar-refractivity contribution < 1.29 is 10.0 Å². The molecule has 0 spiro atoms. The zero-order chi connectivity index (χ0) is 13.1. The van der Waals surface area contributed by atoms with Crippen LogP contribution in [0.25, 0.3) is 0 Å². The van der Waals surface area contributed by atoms with Crippen molar-refractivity contribution in [2.45, 2.75) is 25.3 Å². The average Bonchev–Trinajstić information content (AvgIpc) is 2.75. The number of nitro groups is 1. The fraction of sp³-hybridized carbons (Fsp3) is 0.500. The summed E-state index contributed by atoms with van der Waals surface area (Å²) in [4.78, 5) is 10.3. The van der Waals surface area contributed by atoms with Crippen molar-refractivity contribution in [3.05, 3.63) is 28.3 Å². The molecule has 0 heterocycles. The number of rotatable bonds is 4. The molecular weight excluding hydrogens is 234 g/mol. The topological polar surface area (TPSA) is 101 Å². The highest BCUT2D eigenvalue weighted by Gasteiger charge is 2.26. The maximum Gasteiger partial charge on any atom is 0.273 e. The molecule has 2 rings (SSSR count). The van der Waals surface area contributed by atoms with Gasteiger partial charge < -0.3 is 16.2 Å². The molecule has 1 aliphatic carbocycles. The molecule has 1 aromatic carbocycles. The predicted octanol–water partition coefficient (Wildman–Crippen LogP) is 1.75. The van der Waals surface area contributed by atoms with Crippen LogP contribution in [0.1, 0.15) is 19.3 Å². The lowest BCUT2D eigenvalue weighted by Crippen LogP contribution is -2.26. The minimum atomic E-state index is -0.459. The van der Waals surface area contributed by atoms with E-state index in [4.69, 9.17) is 5.73 Å². The van der Waals surface area contributed by atoms with Gasteiger partial charge in [0, 0.05) is 42.1 Å². The lowest BCUT2D eigenvalue weighted by molar-refractivity contribution is -0.384. The van der Waals surface area contributed by atoms with Gasteiger partial charge in [0.2, 0.25) is 0 Å².